The van der Waals surface area contributed by atoms with Crippen LogP contribution in [0.25, 0.3) is 32.9 Å². The third-order valence-corrected chi connectivity index (χ3v) is 8.41. The molecule has 0 radical (unpaired) electrons. The molecule has 2 aromatic carbocycles. The van der Waals surface area contributed by atoms with Gasteiger partial charge in [0.1, 0.15) is 17.9 Å². The van der Waals surface area contributed by atoms with Gasteiger partial charge in [0.15, 0.2) is 5.82 Å². The second-order valence-electron chi connectivity index (χ2n) is 11.3. The lowest BCUT2D eigenvalue weighted by Crippen LogP contribution is -2.58. The fourth-order valence-corrected chi connectivity index (χ4v) is 6.46. The van der Waals surface area contributed by atoms with E-state index in [1.807, 2.05) is 37.8 Å². The lowest BCUT2D eigenvalue weighted by Gasteiger charge is -2.45. The molecule has 6 rings (SSSR count). The number of hydrogen-bond acceptors (Lipinski definition) is 7. The summed E-state index contributed by atoms with van der Waals surface area (Å²) in [5.41, 5.74) is 2.18. The summed E-state index contributed by atoms with van der Waals surface area (Å²) in [4.78, 5) is 26.8. The number of ether oxygens (including phenoxy) is 1. The zero-order valence-electron chi connectivity index (χ0n) is 24.0. The monoisotopic (exact) mass is 613 g/mol. The second kappa shape index (κ2) is 11.0. The first-order valence-electron chi connectivity index (χ1n) is 14.0. The molecule has 1 amide bonds. The van der Waals surface area contributed by atoms with Gasteiger partial charge in [-0.3, -0.25) is 14.8 Å². The van der Waals surface area contributed by atoms with Gasteiger partial charge in [-0.25, -0.2) is 13.2 Å². The largest absolute Gasteiger partial charge is 0.462 e. The summed E-state index contributed by atoms with van der Waals surface area (Å²) in [6.45, 7) is 9.78. The Hall–Kier alpha value is -3.90. The number of carbonyl (C=O) groups is 1. The van der Waals surface area contributed by atoms with E-state index >= 15 is 4.39 Å². The number of rotatable bonds is 7. The molecule has 0 aliphatic carbocycles. The molecule has 9 nitrogen and oxygen atoms in total. The van der Waals surface area contributed by atoms with Crippen LogP contribution in [0.15, 0.2) is 37.1 Å². The van der Waals surface area contributed by atoms with Gasteiger partial charge >= 0.3 is 6.01 Å². The molecule has 2 aromatic heterocycles. The maximum atomic E-state index is 16.7. The Morgan fingerprint density at radius 2 is 1.93 bits per heavy atom. The van der Waals surface area contributed by atoms with Crippen LogP contribution >= 0.6 is 11.6 Å². The predicted octanol–water partition coefficient (Wildman–Crippen LogP) is 5.22. The first kappa shape index (κ1) is 29.2. The van der Waals surface area contributed by atoms with Crippen molar-refractivity contribution in [2.24, 2.45) is 0 Å². The Morgan fingerprint density at radius 3 is 2.60 bits per heavy atom. The number of benzene rings is 2. The number of nitrogens with one attached hydrogen (secondary N) is 1. The van der Waals surface area contributed by atoms with Crippen LogP contribution in [0, 0.1) is 12.7 Å². The van der Waals surface area contributed by atoms with Crippen molar-refractivity contribution in [1.29, 1.82) is 0 Å². The fraction of sp³-hybridized carbons (Fsp3) is 0.400. The molecule has 0 spiro atoms. The summed E-state index contributed by atoms with van der Waals surface area (Å²) in [6, 6.07) is 4.94. The molecule has 0 saturated carbocycles. The quantitative estimate of drug-likeness (QED) is 0.286. The highest BCUT2D eigenvalue weighted by Gasteiger charge is 2.43. The van der Waals surface area contributed by atoms with Crippen LogP contribution in [0.4, 0.5) is 19.0 Å². The van der Waals surface area contributed by atoms with Gasteiger partial charge in [-0.2, -0.15) is 15.1 Å². The smallest absolute Gasteiger partial charge is 0.319 e. The van der Waals surface area contributed by atoms with E-state index in [9.17, 15) is 13.6 Å². The van der Waals surface area contributed by atoms with Gasteiger partial charge in [-0.1, -0.05) is 30.3 Å². The minimum absolute atomic E-state index is 0.00907. The lowest BCUT2D eigenvalue weighted by molar-refractivity contribution is -0.132. The van der Waals surface area contributed by atoms with Crippen molar-refractivity contribution in [2.45, 2.75) is 38.8 Å². The summed E-state index contributed by atoms with van der Waals surface area (Å²) in [5, 5.41) is 8.43. The van der Waals surface area contributed by atoms with Crippen molar-refractivity contribution in [1.82, 2.24) is 30.0 Å². The first-order valence-corrected chi connectivity index (χ1v) is 14.4. The molecule has 1 N–H and O–H groups in total. The molecular formula is C30H31ClF3N7O2. The van der Waals surface area contributed by atoms with Crippen molar-refractivity contribution in [2.75, 3.05) is 44.2 Å². The van der Waals surface area contributed by atoms with Crippen molar-refractivity contribution < 1.29 is 22.7 Å². The van der Waals surface area contributed by atoms with E-state index in [1.54, 1.807) is 22.1 Å². The van der Waals surface area contributed by atoms with Crippen LogP contribution in [-0.2, 0) is 4.79 Å². The van der Waals surface area contributed by atoms with Crippen LogP contribution in [0.5, 0.6) is 6.01 Å². The minimum Gasteiger partial charge on any atom is -0.462 e. The Labute approximate surface area is 251 Å². The van der Waals surface area contributed by atoms with Crippen LogP contribution < -0.4 is 9.64 Å². The Balaban J connectivity index is 1.46. The molecule has 2 aliphatic heterocycles. The molecule has 43 heavy (non-hydrogen) atoms. The Kier molecular flexibility index (Phi) is 7.45. The molecule has 0 bridgehead atoms. The number of anilines is 1. The van der Waals surface area contributed by atoms with Gasteiger partial charge in [0, 0.05) is 53.6 Å². The third kappa shape index (κ3) is 5.27. The number of fused-ring (bicyclic) bond motifs is 2. The van der Waals surface area contributed by atoms with E-state index in [1.165, 1.54) is 6.08 Å². The van der Waals surface area contributed by atoms with E-state index in [0.717, 1.165) is 10.9 Å². The molecule has 2 atom stereocenters. The molecule has 226 valence electrons. The van der Waals surface area contributed by atoms with E-state index in [-0.39, 0.29) is 66.3 Å². The fourth-order valence-electron chi connectivity index (χ4n) is 6.17. The van der Waals surface area contributed by atoms with Crippen LogP contribution in [-0.4, -0.2) is 93.2 Å². The topological polar surface area (TPSA) is 90.5 Å². The Bertz CT molecular complexity index is 1730. The van der Waals surface area contributed by atoms with Crippen LogP contribution in [0.1, 0.15) is 19.4 Å². The minimum atomic E-state index is -2.69. The number of halogens is 4. The number of amides is 1. The van der Waals surface area contributed by atoms with Gasteiger partial charge in [0.2, 0.25) is 5.91 Å². The van der Waals surface area contributed by atoms with Gasteiger partial charge < -0.3 is 14.5 Å². The number of piperazine rings is 1. The molecule has 2 saturated heterocycles. The van der Waals surface area contributed by atoms with Gasteiger partial charge in [0.25, 0.3) is 5.92 Å². The van der Waals surface area contributed by atoms with E-state index < -0.39 is 11.7 Å². The molecule has 13 heteroatoms. The van der Waals surface area contributed by atoms with Crippen LogP contribution in [0.3, 0.4) is 0 Å². The predicted molar refractivity (Wildman–Crippen MR) is 159 cm³/mol. The number of likely N-dealkylation sites (tertiary alicyclic amines) is 1. The normalized spacial score (nSPS) is 20.4. The SMILES string of the molecule is C=CC(=O)N1C[C@@H](C)N(c2nc(OCCN3CC(F)(F)C3)nc3c(F)c(-c4c(C)ccc5cn[nH]c45)c(Cl)cc23)[C@@H](C)C1. The summed E-state index contributed by atoms with van der Waals surface area (Å²) in [5.74, 6) is -3.11. The maximum absolute atomic E-state index is 16.7. The zero-order chi connectivity index (χ0) is 30.6. The number of nitrogens with zero attached hydrogens (tertiary/aromatic N) is 6. The average molecular weight is 614 g/mol. The van der Waals surface area contributed by atoms with E-state index in [2.05, 4.69) is 26.7 Å². The second-order valence-corrected chi connectivity index (χ2v) is 11.7. The number of alkyl halides is 2. The van der Waals surface area contributed by atoms with Crippen molar-refractivity contribution in [3.05, 3.63) is 53.5 Å². The van der Waals surface area contributed by atoms with Gasteiger partial charge in [0.05, 0.1) is 29.8 Å². The standard InChI is InChI=1S/C30H31ClF3N7O2/c1-5-22(42)40-12-17(3)41(18(4)13-40)28-20-10-21(31)24(23-16(2)6-7-19-11-35-38-26(19)23)25(32)27(20)36-29(37-28)43-9-8-39-14-30(33,34)15-39/h5-7,10-11,17-18H,1,8-9,12-15H2,2-4H3,(H,35,38)/t17-,18+. The summed E-state index contributed by atoms with van der Waals surface area (Å²) in [7, 11) is 0. The summed E-state index contributed by atoms with van der Waals surface area (Å²) < 4.78 is 49.2. The highest BCUT2D eigenvalue weighted by molar-refractivity contribution is 6.35. The lowest BCUT2D eigenvalue weighted by atomic mass is 9.96. The van der Waals surface area contributed by atoms with Crippen molar-refractivity contribution in [3.8, 4) is 17.1 Å². The molecule has 2 aliphatic rings. The molecule has 4 aromatic rings. The molecule has 2 fully saturated rings. The van der Waals surface area contributed by atoms with E-state index in [0.29, 0.717) is 35.4 Å². The van der Waals surface area contributed by atoms with Gasteiger partial charge in [-0.15, -0.1) is 0 Å². The number of aromatic amines is 1. The molecular weight excluding hydrogens is 583 g/mol. The molecule has 0 unspecified atom stereocenters. The number of aromatic nitrogens is 4. The summed E-state index contributed by atoms with van der Waals surface area (Å²) in [6.07, 6.45) is 2.94. The number of hydrogen-bond donors (Lipinski definition) is 1. The summed E-state index contributed by atoms with van der Waals surface area (Å²) >= 11 is 6.84. The third-order valence-electron chi connectivity index (χ3n) is 8.12. The highest BCUT2D eigenvalue weighted by Crippen LogP contribution is 2.43. The number of H-pyrrole nitrogens is 1. The molecule has 4 heterocycles. The van der Waals surface area contributed by atoms with Crippen molar-refractivity contribution >= 4 is 45.1 Å². The first-order chi connectivity index (χ1) is 20.5. The van der Waals surface area contributed by atoms with Crippen LogP contribution in [0.2, 0.25) is 5.02 Å². The number of carbonyl (C=O) groups excluding carboxylic acids is 1. The number of aryl methyl sites for hydroxylation is 1. The van der Waals surface area contributed by atoms with Crippen molar-refractivity contribution in [3.63, 3.8) is 0 Å². The van der Waals surface area contributed by atoms with E-state index in [4.69, 9.17) is 16.3 Å². The highest BCUT2D eigenvalue weighted by atomic mass is 35.5. The zero-order valence-corrected chi connectivity index (χ0v) is 24.8. The average Bonchev–Trinajstić information content (AvgIpc) is 3.42. The maximum Gasteiger partial charge on any atom is 0.319 e. The van der Waals surface area contributed by atoms with Gasteiger partial charge in [-0.05, 0) is 38.5 Å². The Morgan fingerprint density at radius 1 is 1.21 bits per heavy atom.